The Kier molecular flexibility index (Phi) is 7.13. The summed E-state index contributed by atoms with van der Waals surface area (Å²) in [5.41, 5.74) is 5.06. The summed E-state index contributed by atoms with van der Waals surface area (Å²) in [7, 11) is 0. The molecule has 2 heterocycles. The number of nitro benzene ring substituents is 1. The van der Waals surface area contributed by atoms with Crippen LogP contribution in [0.1, 0.15) is 46.4 Å². The largest absolute Gasteiger partial charge is 0.298 e. The number of anilines is 1. The number of amides is 1. The van der Waals surface area contributed by atoms with Gasteiger partial charge in [-0.05, 0) is 55.4 Å². The average molecular weight is 484 g/mol. The van der Waals surface area contributed by atoms with E-state index in [1.807, 2.05) is 6.07 Å². The summed E-state index contributed by atoms with van der Waals surface area (Å²) in [6, 6.07) is 16.2. The molecule has 3 aromatic rings. The van der Waals surface area contributed by atoms with Crippen LogP contribution in [0.5, 0.6) is 0 Å². The van der Waals surface area contributed by atoms with E-state index in [2.05, 4.69) is 45.2 Å². The Hall–Kier alpha value is -3.91. The Labute approximate surface area is 210 Å². The number of aromatic nitrogens is 2. The third-order valence-electron chi connectivity index (χ3n) is 7.01. The highest BCUT2D eigenvalue weighted by Crippen LogP contribution is 2.29. The fraction of sp³-hybridized carbons (Fsp3) is 0.321. The van der Waals surface area contributed by atoms with Crippen LogP contribution >= 0.6 is 0 Å². The van der Waals surface area contributed by atoms with Crippen molar-refractivity contribution in [2.45, 2.75) is 32.1 Å². The van der Waals surface area contributed by atoms with Gasteiger partial charge in [0.25, 0.3) is 11.6 Å². The molecule has 0 saturated heterocycles. The minimum Gasteiger partial charge on any atom is -0.298 e. The zero-order valence-electron chi connectivity index (χ0n) is 20.2. The smallest absolute Gasteiger partial charge is 0.269 e. The molecule has 0 radical (unpaired) electrons. The Morgan fingerprint density at radius 3 is 2.50 bits per heavy atom. The number of benzene rings is 2. The number of carbonyl (C=O) groups excluding carboxylic acids is 1. The van der Waals surface area contributed by atoms with Gasteiger partial charge in [-0.25, -0.2) is 9.97 Å². The van der Waals surface area contributed by atoms with Gasteiger partial charge in [0.15, 0.2) is 0 Å². The molecule has 1 aliphatic heterocycles. The molecule has 8 heteroatoms. The van der Waals surface area contributed by atoms with Gasteiger partial charge in [0.1, 0.15) is 12.1 Å². The molecule has 184 valence electrons. The van der Waals surface area contributed by atoms with E-state index in [1.54, 1.807) is 11.2 Å². The predicted molar refractivity (Wildman–Crippen MR) is 139 cm³/mol. The number of nitro groups is 1. The van der Waals surface area contributed by atoms with Gasteiger partial charge in [0.05, 0.1) is 4.92 Å². The van der Waals surface area contributed by atoms with Gasteiger partial charge in [0, 0.05) is 55.1 Å². The van der Waals surface area contributed by atoms with Crippen LogP contribution in [-0.4, -0.2) is 51.9 Å². The first-order valence-corrected chi connectivity index (χ1v) is 12.5. The standard InChI is InChI=1S/C28H29N5O3/c34-28(23-10-12-24(13-11-23)33(35)36)32(27-25-8-4-5-9-26(25)29-20-30-27)19-18-31-16-14-22(15-17-31)21-6-2-1-3-7-21/h1-3,6-7,10-14,20H,4-5,8-9,15-19H2. The van der Waals surface area contributed by atoms with Crippen LogP contribution in [0.3, 0.4) is 0 Å². The summed E-state index contributed by atoms with van der Waals surface area (Å²) in [6.45, 7) is 2.93. The third-order valence-corrected chi connectivity index (χ3v) is 7.01. The van der Waals surface area contributed by atoms with E-state index >= 15 is 0 Å². The van der Waals surface area contributed by atoms with Crippen LogP contribution in [0, 0.1) is 10.1 Å². The number of aryl methyl sites for hydroxylation is 1. The lowest BCUT2D eigenvalue weighted by atomic mass is 9.96. The summed E-state index contributed by atoms with van der Waals surface area (Å²) in [5.74, 6) is 0.467. The van der Waals surface area contributed by atoms with Crippen molar-refractivity contribution in [3.05, 3.63) is 99.5 Å². The first-order chi connectivity index (χ1) is 17.6. The summed E-state index contributed by atoms with van der Waals surface area (Å²) in [4.78, 5) is 37.4. The molecule has 0 atom stereocenters. The SMILES string of the molecule is O=C(c1ccc([N+](=O)[O-])cc1)N(CCN1CC=C(c2ccccc2)CC1)c1ncnc2c1CCCC2. The molecule has 2 aliphatic rings. The van der Waals surface area contributed by atoms with Gasteiger partial charge in [-0.3, -0.25) is 24.7 Å². The zero-order valence-corrected chi connectivity index (χ0v) is 20.2. The monoisotopic (exact) mass is 483 g/mol. The van der Waals surface area contributed by atoms with Crippen molar-refractivity contribution in [1.29, 1.82) is 0 Å². The molecule has 1 amide bonds. The highest BCUT2D eigenvalue weighted by molar-refractivity contribution is 6.06. The number of non-ortho nitro benzene ring substituents is 1. The predicted octanol–water partition coefficient (Wildman–Crippen LogP) is 4.70. The van der Waals surface area contributed by atoms with Crippen LogP contribution in [0.25, 0.3) is 5.57 Å². The molecule has 0 unspecified atom stereocenters. The van der Waals surface area contributed by atoms with Crippen LogP contribution in [0.2, 0.25) is 0 Å². The molecule has 0 N–H and O–H groups in total. The van der Waals surface area contributed by atoms with Gasteiger partial charge >= 0.3 is 0 Å². The maximum absolute atomic E-state index is 13.7. The fourth-order valence-corrected chi connectivity index (χ4v) is 4.99. The maximum atomic E-state index is 13.7. The van der Waals surface area contributed by atoms with E-state index < -0.39 is 4.92 Å². The van der Waals surface area contributed by atoms with Crippen molar-refractivity contribution in [1.82, 2.24) is 14.9 Å². The number of carbonyl (C=O) groups is 1. The van der Waals surface area contributed by atoms with E-state index in [1.165, 1.54) is 35.4 Å². The molecular formula is C28H29N5O3. The van der Waals surface area contributed by atoms with Crippen molar-refractivity contribution in [3.8, 4) is 0 Å². The first-order valence-electron chi connectivity index (χ1n) is 12.5. The number of nitrogens with zero attached hydrogens (tertiary/aromatic N) is 5. The second kappa shape index (κ2) is 10.8. The van der Waals surface area contributed by atoms with Crippen LogP contribution in [0.4, 0.5) is 11.5 Å². The summed E-state index contributed by atoms with van der Waals surface area (Å²) in [6.07, 6.45) is 8.66. The lowest BCUT2D eigenvalue weighted by Crippen LogP contribution is -2.41. The van der Waals surface area contributed by atoms with Crippen LogP contribution in [0.15, 0.2) is 67.0 Å². The number of rotatable bonds is 7. The molecule has 0 bridgehead atoms. The molecule has 0 spiro atoms. The highest BCUT2D eigenvalue weighted by Gasteiger charge is 2.26. The van der Waals surface area contributed by atoms with Crippen molar-refractivity contribution >= 4 is 23.0 Å². The summed E-state index contributed by atoms with van der Waals surface area (Å²) in [5, 5.41) is 11.1. The molecule has 0 saturated carbocycles. The lowest BCUT2D eigenvalue weighted by molar-refractivity contribution is -0.384. The van der Waals surface area contributed by atoms with Gasteiger partial charge in [0.2, 0.25) is 0 Å². The maximum Gasteiger partial charge on any atom is 0.269 e. The number of hydrogen-bond donors (Lipinski definition) is 0. The minimum atomic E-state index is -0.458. The van der Waals surface area contributed by atoms with Crippen LogP contribution < -0.4 is 4.90 Å². The van der Waals surface area contributed by atoms with E-state index in [0.29, 0.717) is 24.5 Å². The van der Waals surface area contributed by atoms with Crippen molar-refractivity contribution < 1.29 is 9.72 Å². The van der Waals surface area contributed by atoms with Crippen molar-refractivity contribution in [3.63, 3.8) is 0 Å². The van der Waals surface area contributed by atoms with Gasteiger partial charge < -0.3 is 0 Å². The van der Waals surface area contributed by atoms with Crippen molar-refractivity contribution in [2.24, 2.45) is 0 Å². The van der Waals surface area contributed by atoms with E-state index in [4.69, 9.17) is 0 Å². The third kappa shape index (κ3) is 5.18. The quantitative estimate of drug-likeness (QED) is 0.357. The van der Waals surface area contributed by atoms with Gasteiger partial charge in [-0.1, -0.05) is 36.4 Å². The van der Waals surface area contributed by atoms with Crippen LogP contribution in [-0.2, 0) is 12.8 Å². The molecule has 1 aromatic heterocycles. The molecule has 2 aromatic carbocycles. The molecular weight excluding hydrogens is 454 g/mol. The molecule has 36 heavy (non-hydrogen) atoms. The first kappa shape index (κ1) is 23.8. The van der Waals surface area contributed by atoms with Crippen molar-refractivity contribution in [2.75, 3.05) is 31.1 Å². The molecule has 8 nitrogen and oxygen atoms in total. The Balaban J connectivity index is 1.37. The second-order valence-corrected chi connectivity index (χ2v) is 9.24. The number of hydrogen-bond acceptors (Lipinski definition) is 6. The van der Waals surface area contributed by atoms with E-state index in [-0.39, 0.29) is 11.6 Å². The minimum absolute atomic E-state index is 0.0353. The van der Waals surface area contributed by atoms with E-state index in [9.17, 15) is 14.9 Å². The summed E-state index contributed by atoms with van der Waals surface area (Å²) >= 11 is 0. The fourth-order valence-electron chi connectivity index (χ4n) is 4.99. The molecule has 0 fully saturated rings. The highest BCUT2D eigenvalue weighted by atomic mass is 16.6. The Morgan fingerprint density at radius 2 is 1.78 bits per heavy atom. The Bertz CT molecular complexity index is 1270. The average Bonchev–Trinajstić information content (AvgIpc) is 2.94. The summed E-state index contributed by atoms with van der Waals surface area (Å²) < 4.78 is 0. The normalized spacial score (nSPS) is 15.6. The van der Waals surface area contributed by atoms with Gasteiger partial charge in [-0.2, -0.15) is 0 Å². The molecule has 5 rings (SSSR count). The van der Waals surface area contributed by atoms with E-state index in [0.717, 1.165) is 56.5 Å². The second-order valence-electron chi connectivity index (χ2n) is 9.24. The lowest BCUT2D eigenvalue weighted by Gasteiger charge is -2.31. The van der Waals surface area contributed by atoms with Gasteiger partial charge in [-0.15, -0.1) is 0 Å². The topological polar surface area (TPSA) is 92.5 Å². The number of fused-ring (bicyclic) bond motifs is 1. The molecule has 1 aliphatic carbocycles. The zero-order chi connectivity index (χ0) is 24.9. The Morgan fingerprint density at radius 1 is 1.00 bits per heavy atom.